The van der Waals surface area contributed by atoms with E-state index in [4.69, 9.17) is 0 Å². The highest BCUT2D eigenvalue weighted by Gasteiger charge is 2.30. The Kier molecular flexibility index (Phi) is 6.95. The number of benzene rings is 1. The van der Waals surface area contributed by atoms with Crippen molar-refractivity contribution in [2.45, 2.75) is 33.1 Å². The number of hydrogen-bond donors (Lipinski definition) is 0. The first-order chi connectivity index (χ1) is 11.8. The van der Waals surface area contributed by atoms with Gasteiger partial charge in [0.2, 0.25) is 15.9 Å². The molecule has 1 saturated heterocycles. The van der Waals surface area contributed by atoms with E-state index in [1.54, 1.807) is 17.0 Å². The monoisotopic (exact) mass is 370 g/mol. The van der Waals surface area contributed by atoms with E-state index in [1.807, 2.05) is 13.8 Å². The number of amides is 1. The maximum Gasteiger partial charge on any atom is 0.225 e. The van der Waals surface area contributed by atoms with Gasteiger partial charge in [0, 0.05) is 32.1 Å². The SMILES string of the molecule is CCCCS(=O)(=O)N1CCN(C(=O)C(C)Cc2ccc(F)cc2)CC1. The number of carbonyl (C=O) groups excluding carboxylic acids is 1. The third kappa shape index (κ3) is 5.51. The van der Waals surface area contributed by atoms with Gasteiger partial charge in [0.25, 0.3) is 0 Å². The van der Waals surface area contributed by atoms with Crippen LogP contribution in [0.5, 0.6) is 0 Å². The molecule has 0 bridgehead atoms. The Balaban J connectivity index is 1.87. The quantitative estimate of drug-likeness (QED) is 0.740. The molecule has 0 aliphatic carbocycles. The zero-order valence-electron chi connectivity index (χ0n) is 14.9. The molecule has 1 fully saturated rings. The van der Waals surface area contributed by atoms with Gasteiger partial charge in [0.1, 0.15) is 5.82 Å². The van der Waals surface area contributed by atoms with E-state index in [1.165, 1.54) is 16.4 Å². The van der Waals surface area contributed by atoms with Crippen molar-refractivity contribution < 1.29 is 17.6 Å². The number of hydrogen-bond acceptors (Lipinski definition) is 3. The Morgan fingerprint density at radius 3 is 2.32 bits per heavy atom. The predicted molar refractivity (Wildman–Crippen MR) is 96.1 cm³/mol. The average molecular weight is 370 g/mol. The number of unbranched alkanes of at least 4 members (excludes halogenated alkanes) is 1. The second-order valence-corrected chi connectivity index (χ2v) is 8.71. The van der Waals surface area contributed by atoms with Crippen LogP contribution in [-0.4, -0.2) is 55.5 Å². The van der Waals surface area contributed by atoms with Gasteiger partial charge in [-0.1, -0.05) is 32.4 Å². The molecule has 0 radical (unpaired) electrons. The van der Waals surface area contributed by atoms with Crippen LogP contribution in [0.2, 0.25) is 0 Å². The van der Waals surface area contributed by atoms with Crippen molar-refractivity contribution in [2.75, 3.05) is 31.9 Å². The fraction of sp³-hybridized carbons (Fsp3) is 0.611. The van der Waals surface area contributed by atoms with Crippen molar-refractivity contribution in [2.24, 2.45) is 5.92 Å². The lowest BCUT2D eigenvalue weighted by Gasteiger charge is -2.35. The maximum atomic E-state index is 13.0. The smallest absolute Gasteiger partial charge is 0.225 e. The molecule has 1 heterocycles. The van der Waals surface area contributed by atoms with Gasteiger partial charge in [-0.3, -0.25) is 4.79 Å². The summed E-state index contributed by atoms with van der Waals surface area (Å²) in [7, 11) is -3.21. The van der Waals surface area contributed by atoms with Gasteiger partial charge in [-0.15, -0.1) is 0 Å². The summed E-state index contributed by atoms with van der Waals surface area (Å²) in [5, 5.41) is 0. The van der Waals surface area contributed by atoms with Crippen molar-refractivity contribution in [3.8, 4) is 0 Å². The van der Waals surface area contributed by atoms with Crippen molar-refractivity contribution >= 4 is 15.9 Å². The van der Waals surface area contributed by atoms with Crippen molar-refractivity contribution in [3.05, 3.63) is 35.6 Å². The molecule has 1 aliphatic rings. The van der Waals surface area contributed by atoms with Crippen LogP contribution in [0, 0.1) is 11.7 Å². The fourth-order valence-electron chi connectivity index (χ4n) is 3.02. The van der Waals surface area contributed by atoms with E-state index in [-0.39, 0.29) is 23.4 Å². The number of carbonyl (C=O) groups is 1. The van der Waals surface area contributed by atoms with Gasteiger partial charge >= 0.3 is 0 Å². The van der Waals surface area contributed by atoms with Crippen LogP contribution in [0.25, 0.3) is 0 Å². The number of piperazine rings is 1. The van der Waals surface area contributed by atoms with E-state index >= 15 is 0 Å². The Hall–Kier alpha value is -1.47. The molecule has 0 aromatic heterocycles. The minimum Gasteiger partial charge on any atom is -0.340 e. The van der Waals surface area contributed by atoms with Gasteiger partial charge in [-0.05, 0) is 30.5 Å². The molecule has 25 heavy (non-hydrogen) atoms. The predicted octanol–water partition coefficient (Wildman–Crippen LogP) is 2.28. The van der Waals surface area contributed by atoms with Crippen LogP contribution >= 0.6 is 0 Å². The van der Waals surface area contributed by atoms with Gasteiger partial charge < -0.3 is 4.90 Å². The van der Waals surface area contributed by atoms with E-state index in [0.717, 1.165) is 12.0 Å². The minimum absolute atomic E-state index is 0.0231. The summed E-state index contributed by atoms with van der Waals surface area (Å²) in [4.78, 5) is 14.3. The lowest BCUT2D eigenvalue weighted by atomic mass is 9.99. The largest absolute Gasteiger partial charge is 0.340 e. The summed E-state index contributed by atoms with van der Waals surface area (Å²) >= 11 is 0. The third-order valence-corrected chi connectivity index (χ3v) is 6.53. The van der Waals surface area contributed by atoms with Crippen molar-refractivity contribution in [1.29, 1.82) is 0 Å². The molecule has 1 amide bonds. The molecule has 0 saturated carbocycles. The number of rotatable bonds is 7. The van der Waals surface area contributed by atoms with Crippen molar-refractivity contribution in [3.63, 3.8) is 0 Å². The van der Waals surface area contributed by atoms with Crippen LogP contribution in [0.15, 0.2) is 24.3 Å². The molecule has 0 spiro atoms. The van der Waals surface area contributed by atoms with Crippen LogP contribution in [0.4, 0.5) is 4.39 Å². The summed E-state index contributed by atoms with van der Waals surface area (Å²) in [6.07, 6.45) is 2.06. The number of halogens is 1. The zero-order valence-corrected chi connectivity index (χ0v) is 15.8. The summed E-state index contributed by atoms with van der Waals surface area (Å²) in [6.45, 7) is 5.41. The highest BCUT2D eigenvalue weighted by Crippen LogP contribution is 2.15. The Bertz CT molecular complexity index is 668. The molecule has 1 unspecified atom stereocenters. The molecule has 7 heteroatoms. The van der Waals surface area contributed by atoms with Gasteiger partial charge in [0.15, 0.2) is 0 Å². The third-order valence-electron chi connectivity index (χ3n) is 4.58. The van der Waals surface area contributed by atoms with Crippen LogP contribution in [0.3, 0.4) is 0 Å². The first kappa shape index (κ1) is 19.8. The molecular weight excluding hydrogens is 343 g/mol. The van der Waals surface area contributed by atoms with Crippen LogP contribution in [0.1, 0.15) is 32.3 Å². The minimum atomic E-state index is -3.21. The van der Waals surface area contributed by atoms with E-state index < -0.39 is 10.0 Å². The Morgan fingerprint density at radius 2 is 1.76 bits per heavy atom. The zero-order chi connectivity index (χ0) is 18.4. The Morgan fingerprint density at radius 1 is 1.16 bits per heavy atom. The first-order valence-electron chi connectivity index (χ1n) is 8.84. The van der Waals surface area contributed by atoms with Gasteiger partial charge in [-0.25, -0.2) is 12.8 Å². The first-order valence-corrected chi connectivity index (χ1v) is 10.5. The molecule has 0 N–H and O–H groups in total. The van der Waals surface area contributed by atoms with Crippen molar-refractivity contribution in [1.82, 2.24) is 9.21 Å². The van der Waals surface area contributed by atoms with Gasteiger partial charge in [0.05, 0.1) is 5.75 Å². The Labute approximate surface area is 149 Å². The normalized spacial score (nSPS) is 17.5. The second kappa shape index (κ2) is 8.76. The number of sulfonamides is 1. The maximum absolute atomic E-state index is 13.0. The number of nitrogens with zero attached hydrogens (tertiary/aromatic N) is 2. The molecule has 140 valence electrons. The van der Waals surface area contributed by atoms with E-state index in [9.17, 15) is 17.6 Å². The summed E-state index contributed by atoms with van der Waals surface area (Å²) in [5.41, 5.74) is 0.919. The highest BCUT2D eigenvalue weighted by molar-refractivity contribution is 7.89. The van der Waals surface area contributed by atoms with E-state index in [2.05, 4.69) is 0 Å². The summed E-state index contributed by atoms with van der Waals surface area (Å²) < 4.78 is 38.9. The second-order valence-electron chi connectivity index (χ2n) is 6.63. The topological polar surface area (TPSA) is 57.7 Å². The molecule has 1 aromatic carbocycles. The lowest BCUT2D eigenvalue weighted by molar-refractivity contribution is -0.136. The van der Waals surface area contributed by atoms with Crippen LogP contribution < -0.4 is 0 Å². The molecular formula is C18H27FN2O3S. The molecule has 1 atom stereocenters. The highest BCUT2D eigenvalue weighted by atomic mass is 32.2. The molecule has 2 rings (SSSR count). The summed E-state index contributed by atoms with van der Waals surface area (Å²) in [6, 6.07) is 6.17. The summed E-state index contributed by atoms with van der Waals surface area (Å²) in [5.74, 6) is -0.301. The van der Waals surface area contributed by atoms with E-state index in [0.29, 0.717) is 39.0 Å². The average Bonchev–Trinajstić information content (AvgIpc) is 2.61. The van der Waals surface area contributed by atoms with Gasteiger partial charge in [-0.2, -0.15) is 4.31 Å². The fourth-order valence-corrected chi connectivity index (χ4v) is 4.65. The molecule has 1 aliphatic heterocycles. The van der Waals surface area contributed by atoms with Crippen LogP contribution in [-0.2, 0) is 21.2 Å². The molecule has 1 aromatic rings. The lowest BCUT2D eigenvalue weighted by Crippen LogP contribution is -2.52. The molecule has 5 nitrogen and oxygen atoms in total. The standard InChI is InChI=1S/C18H27FN2O3S/c1-3-4-13-25(23,24)21-11-9-20(10-12-21)18(22)15(2)14-16-5-7-17(19)8-6-16/h5-8,15H,3-4,9-14H2,1-2H3.